The van der Waals surface area contributed by atoms with Crippen molar-refractivity contribution >= 4 is 5.69 Å². The lowest BCUT2D eigenvalue weighted by molar-refractivity contribution is 0.176. The molecule has 0 spiro atoms. The molecule has 0 amide bonds. The van der Waals surface area contributed by atoms with Crippen molar-refractivity contribution in [3.63, 3.8) is 0 Å². The molecule has 1 heterocycles. The van der Waals surface area contributed by atoms with Crippen molar-refractivity contribution in [1.82, 2.24) is 5.32 Å². The van der Waals surface area contributed by atoms with Crippen molar-refractivity contribution < 1.29 is 4.39 Å². The lowest BCUT2D eigenvalue weighted by Crippen LogP contribution is -2.45. The van der Waals surface area contributed by atoms with Crippen LogP contribution < -0.4 is 10.2 Å². The van der Waals surface area contributed by atoms with Gasteiger partial charge in [0.05, 0.1) is 0 Å². The molecule has 1 fully saturated rings. The van der Waals surface area contributed by atoms with E-state index < -0.39 is 0 Å². The van der Waals surface area contributed by atoms with E-state index >= 15 is 0 Å². The summed E-state index contributed by atoms with van der Waals surface area (Å²) in [6, 6.07) is 6.94. The average molecular weight is 278 g/mol. The molecule has 1 atom stereocenters. The Bertz CT molecular complexity index is 425. The van der Waals surface area contributed by atoms with Gasteiger partial charge in [-0.15, -0.1) is 0 Å². The third kappa shape index (κ3) is 3.72. The molecule has 1 aliphatic heterocycles. The van der Waals surface area contributed by atoms with Gasteiger partial charge >= 0.3 is 0 Å². The maximum Gasteiger partial charge on any atom is 0.125 e. The zero-order chi connectivity index (χ0) is 14.6. The fourth-order valence-corrected chi connectivity index (χ4v) is 3.20. The van der Waals surface area contributed by atoms with Gasteiger partial charge in [-0.1, -0.05) is 19.9 Å². The predicted octanol–water partition coefficient (Wildman–Crippen LogP) is 3.68. The molecule has 0 bridgehead atoms. The van der Waals surface area contributed by atoms with E-state index in [0.29, 0.717) is 5.92 Å². The molecule has 112 valence electrons. The number of nitrogens with zero attached hydrogens (tertiary/aromatic N) is 1. The van der Waals surface area contributed by atoms with E-state index in [9.17, 15) is 4.39 Å². The summed E-state index contributed by atoms with van der Waals surface area (Å²) in [4.78, 5) is 2.29. The maximum atomic E-state index is 13.4. The molecule has 1 aromatic carbocycles. The molecule has 0 aromatic heterocycles. The second-order valence-corrected chi connectivity index (χ2v) is 6.53. The van der Waals surface area contributed by atoms with Crippen molar-refractivity contribution in [2.45, 2.75) is 33.6 Å². The van der Waals surface area contributed by atoms with Gasteiger partial charge in [0.2, 0.25) is 0 Å². The van der Waals surface area contributed by atoms with Crippen LogP contribution in [0.3, 0.4) is 0 Å². The highest BCUT2D eigenvalue weighted by Gasteiger charge is 2.32. The molecule has 1 unspecified atom stereocenters. The summed E-state index contributed by atoms with van der Waals surface area (Å²) in [5.74, 6) is 0.539. The lowest BCUT2D eigenvalue weighted by atomic mass is 9.74. The Morgan fingerprint density at radius 3 is 2.80 bits per heavy atom. The minimum Gasteiger partial charge on any atom is -0.371 e. The molecule has 1 saturated heterocycles. The highest BCUT2D eigenvalue weighted by atomic mass is 19.1. The monoisotopic (exact) mass is 278 g/mol. The number of hydrogen-bond donors (Lipinski definition) is 1. The molecular weight excluding hydrogens is 251 g/mol. The quantitative estimate of drug-likeness (QED) is 0.884. The molecule has 1 aromatic rings. The molecule has 3 heteroatoms. The summed E-state index contributed by atoms with van der Waals surface area (Å²) < 4.78 is 13.4. The number of nitrogens with one attached hydrogen (secondary N) is 1. The average Bonchev–Trinajstić information content (AvgIpc) is 2.46. The molecular formula is C17H27FN2. The van der Waals surface area contributed by atoms with Crippen molar-refractivity contribution in [2.75, 3.05) is 31.1 Å². The standard InChI is InChI=1S/C17H27FN2/c1-4-20(16-9-5-8-15(18)11-16)13-17(2,3)14-7-6-10-19-12-14/h5,8-9,11,14,19H,4,6-7,10,12-13H2,1-3H3. The lowest BCUT2D eigenvalue weighted by Gasteiger charge is -2.41. The van der Waals surface area contributed by atoms with Crippen molar-refractivity contribution in [1.29, 1.82) is 0 Å². The van der Waals surface area contributed by atoms with E-state index in [2.05, 4.69) is 31.0 Å². The van der Waals surface area contributed by atoms with Crippen LogP contribution in [0.4, 0.5) is 10.1 Å². The van der Waals surface area contributed by atoms with Crippen LogP contribution in [0.15, 0.2) is 24.3 Å². The van der Waals surface area contributed by atoms with E-state index in [1.165, 1.54) is 18.9 Å². The molecule has 2 rings (SSSR count). The Morgan fingerprint density at radius 1 is 1.40 bits per heavy atom. The highest BCUT2D eigenvalue weighted by Crippen LogP contribution is 2.33. The number of halogens is 1. The zero-order valence-corrected chi connectivity index (χ0v) is 13.0. The third-order valence-electron chi connectivity index (χ3n) is 4.56. The van der Waals surface area contributed by atoms with Gasteiger partial charge in [0.25, 0.3) is 0 Å². The number of piperidine rings is 1. The van der Waals surface area contributed by atoms with Crippen LogP contribution in [-0.4, -0.2) is 26.2 Å². The molecule has 1 N–H and O–H groups in total. The molecule has 0 saturated carbocycles. The number of benzene rings is 1. The van der Waals surface area contributed by atoms with Crippen LogP contribution in [0, 0.1) is 17.2 Å². The SMILES string of the molecule is CCN(CC(C)(C)C1CCCNC1)c1cccc(F)c1. The van der Waals surface area contributed by atoms with Gasteiger partial charge in [-0.25, -0.2) is 4.39 Å². The highest BCUT2D eigenvalue weighted by molar-refractivity contribution is 5.46. The summed E-state index contributed by atoms with van der Waals surface area (Å²) in [6.07, 6.45) is 2.56. The second-order valence-electron chi connectivity index (χ2n) is 6.53. The largest absolute Gasteiger partial charge is 0.371 e. The zero-order valence-electron chi connectivity index (χ0n) is 13.0. The van der Waals surface area contributed by atoms with Gasteiger partial charge in [0, 0.05) is 18.8 Å². The summed E-state index contributed by atoms with van der Waals surface area (Å²) in [6.45, 7) is 11.0. The number of hydrogen-bond acceptors (Lipinski definition) is 2. The first-order valence-corrected chi connectivity index (χ1v) is 7.74. The Kier molecular flexibility index (Phi) is 5.03. The fourth-order valence-electron chi connectivity index (χ4n) is 3.20. The Balaban J connectivity index is 2.08. The summed E-state index contributed by atoms with van der Waals surface area (Å²) in [7, 11) is 0. The minimum absolute atomic E-state index is 0.155. The Morgan fingerprint density at radius 2 is 2.20 bits per heavy atom. The Labute approximate surface area is 122 Å². The fraction of sp³-hybridized carbons (Fsp3) is 0.647. The van der Waals surface area contributed by atoms with Crippen LogP contribution in [0.1, 0.15) is 33.6 Å². The van der Waals surface area contributed by atoms with Gasteiger partial charge < -0.3 is 10.2 Å². The minimum atomic E-state index is -0.155. The van der Waals surface area contributed by atoms with Crippen LogP contribution >= 0.6 is 0 Å². The van der Waals surface area contributed by atoms with E-state index in [4.69, 9.17) is 0 Å². The van der Waals surface area contributed by atoms with Gasteiger partial charge in [-0.3, -0.25) is 0 Å². The van der Waals surface area contributed by atoms with E-state index in [1.807, 2.05) is 6.07 Å². The van der Waals surface area contributed by atoms with Crippen LogP contribution in [0.2, 0.25) is 0 Å². The van der Waals surface area contributed by atoms with Crippen molar-refractivity contribution in [2.24, 2.45) is 11.3 Å². The normalized spacial score (nSPS) is 19.9. The summed E-state index contributed by atoms with van der Waals surface area (Å²) >= 11 is 0. The first kappa shape index (κ1) is 15.3. The topological polar surface area (TPSA) is 15.3 Å². The summed E-state index contributed by atoms with van der Waals surface area (Å²) in [5, 5.41) is 3.50. The molecule has 2 nitrogen and oxygen atoms in total. The van der Waals surface area contributed by atoms with Gasteiger partial charge in [0.1, 0.15) is 5.82 Å². The molecule has 1 aliphatic rings. The second kappa shape index (κ2) is 6.57. The van der Waals surface area contributed by atoms with Crippen LogP contribution in [0.5, 0.6) is 0 Å². The van der Waals surface area contributed by atoms with E-state index in [1.54, 1.807) is 12.1 Å². The third-order valence-corrected chi connectivity index (χ3v) is 4.56. The molecule has 0 aliphatic carbocycles. The molecule has 0 radical (unpaired) electrons. The van der Waals surface area contributed by atoms with Crippen molar-refractivity contribution in [3.05, 3.63) is 30.1 Å². The Hall–Kier alpha value is -1.09. The van der Waals surface area contributed by atoms with E-state index in [-0.39, 0.29) is 11.2 Å². The molecule has 20 heavy (non-hydrogen) atoms. The van der Waals surface area contributed by atoms with Crippen molar-refractivity contribution in [3.8, 4) is 0 Å². The van der Waals surface area contributed by atoms with Gasteiger partial charge in [-0.2, -0.15) is 0 Å². The van der Waals surface area contributed by atoms with Gasteiger partial charge in [-0.05, 0) is 62.4 Å². The number of rotatable bonds is 5. The van der Waals surface area contributed by atoms with Crippen LogP contribution in [-0.2, 0) is 0 Å². The maximum absolute atomic E-state index is 13.4. The predicted molar refractivity (Wildman–Crippen MR) is 83.7 cm³/mol. The van der Waals surface area contributed by atoms with E-state index in [0.717, 1.165) is 31.9 Å². The number of anilines is 1. The smallest absolute Gasteiger partial charge is 0.125 e. The first-order chi connectivity index (χ1) is 9.53. The summed E-state index contributed by atoms with van der Waals surface area (Å²) in [5.41, 5.74) is 1.22. The first-order valence-electron chi connectivity index (χ1n) is 7.74. The van der Waals surface area contributed by atoms with Gasteiger partial charge in [0.15, 0.2) is 0 Å². The van der Waals surface area contributed by atoms with Crippen LogP contribution in [0.25, 0.3) is 0 Å².